The van der Waals surface area contributed by atoms with Crippen molar-refractivity contribution < 1.29 is 18.0 Å². The first-order valence-electron chi connectivity index (χ1n) is 6.58. The first kappa shape index (κ1) is 16.1. The number of benzene rings is 1. The van der Waals surface area contributed by atoms with Gasteiger partial charge in [-0.3, -0.25) is 4.79 Å². The molecule has 0 aromatic heterocycles. The summed E-state index contributed by atoms with van der Waals surface area (Å²) in [6, 6.07) is 6.00. The second-order valence-corrected chi connectivity index (χ2v) is 6.98. The van der Waals surface area contributed by atoms with Gasteiger partial charge < -0.3 is 0 Å². The molecule has 1 aliphatic heterocycles. The van der Waals surface area contributed by atoms with Gasteiger partial charge in [-0.05, 0) is 30.5 Å². The predicted octanol–water partition coefficient (Wildman–Crippen LogP) is 4.41. The van der Waals surface area contributed by atoms with E-state index in [9.17, 15) is 18.0 Å². The fourth-order valence-corrected chi connectivity index (χ4v) is 3.30. The summed E-state index contributed by atoms with van der Waals surface area (Å²) in [6.07, 6.45) is 0.383. The standard InChI is InChI=1S/C15H16F3NOS/c1-9(10-4-6-11(16)7-5-10)8-12-19-13(20)14(2,21-12)15(3,17)18/h4-7,9H,8H2,1-3H3/t9-,14-/m1/s1. The molecule has 2 rings (SSSR count). The van der Waals surface area contributed by atoms with Crippen LogP contribution in [0.1, 0.15) is 38.7 Å². The van der Waals surface area contributed by atoms with Crippen molar-refractivity contribution in [3.8, 4) is 0 Å². The molecule has 0 fully saturated rings. The lowest BCUT2D eigenvalue weighted by molar-refractivity contribution is -0.128. The molecule has 114 valence electrons. The lowest BCUT2D eigenvalue weighted by atomic mass is 9.98. The Balaban J connectivity index is 2.10. The van der Waals surface area contributed by atoms with Gasteiger partial charge in [0, 0.05) is 13.3 Å². The van der Waals surface area contributed by atoms with Gasteiger partial charge in [0.1, 0.15) is 5.82 Å². The average Bonchev–Trinajstić information content (AvgIpc) is 2.66. The Morgan fingerprint density at radius 3 is 2.38 bits per heavy atom. The van der Waals surface area contributed by atoms with Crippen LogP contribution in [-0.4, -0.2) is 21.6 Å². The number of carbonyl (C=O) groups is 1. The van der Waals surface area contributed by atoms with Crippen molar-refractivity contribution in [3.63, 3.8) is 0 Å². The van der Waals surface area contributed by atoms with E-state index >= 15 is 0 Å². The highest BCUT2D eigenvalue weighted by Gasteiger charge is 2.56. The molecule has 2 nitrogen and oxygen atoms in total. The van der Waals surface area contributed by atoms with Gasteiger partial charge in [0.2, 0.25) is 0 Å². The van der Waals surface area contributed by atoms with Crippen molar-refractivity contribution >= 4 is 22.7 Å². The number of hydrogen-bond acceptors (Lipinski definition) is 2. The normalized spacial score (nSPS) is 24.1. The van der Waals surface area contributed by atoms with Crippen LogP contribution in [0.3, 0.4) is 0 Å². The molecule has 1 aromatic carbocycles. The first-order chi connectivity index (χ1) is 9.63. The molecule has 0 N–H and O–H groups in total. The third-order valence-electron chi connectivity index (χ3n) is 3.71. The van der Waals surface area contributed by atoms with Crippen LogP contribution in [0.5, 0.6) is 0 Å². The number of halogens is 3. The van der Waals surface area contributed by atoms with Crippen LogP contribution < -0.4 is 0 Å². The van der Waals surface area contributed by atoms with Crippen molar-refractivity contribution in [2.24, 2.45) is 4.99 Å². The smallest absolute Gasteiger partial charge is 0.268 e. The number of carbonyl (C=O) groups excluding carboxylic acids is 1. The maximum absolute atomic E-state index is 13.6. The number of alkyl halides is 2. The van der Waals surface area contributed by atoms with E-state index in [4.69, 9.17) is 0 Å². The lowest BCUT2D eigenvalue weighted by Gasteiger charge is -2.27. The minimum atomic E-state index is -3.14. The summed E-state index contributed by atoms with van der Waals surface area (Å²) in [4.78, 5) is 15.6. The molecule has 0 saturated heterocycles. The molecule has 1 heterocycles. The van der Waals surface area contributed by atoms with E-state index in [1.54, 1.807) is 12.1 Å². The number of thioether (sulfide) groups is 1. The predicted molar refractivity (Wildman–Crippen MR) is 78.5 cm³/mol. The molecule has 0 saturated carbocycles. The Morgan fingerprint density at radius 2 is 1.90 bits per heavy atom. The Labute approximate surface area is 125 Å². The van der Waals surface area contributed by atoms with Crippen molar-refractivity contribution in [2.75, 3.05) is 0 Å². The summed E-state index contributed by atoms with van der Waals surface area (Å²) in [6.45, 7) is 3.85. The van der Waals surface area contributed by atoms with Crippen LogP contribution in [0.2, 0.25) is 0 Å². The Hall–Kier alpha value is -1.30. The van der Waals surface area contributed by atoms with Crippen LogP contribution in [-0.2, 0) is 4.79 Å². The highest BCUT2D eigenvalue weighted by molar-refractivity contribution is 8.16. The third kappa shape index (κ3) is 3.15. The number of aliphatic imine (C=N–C) groups is 1. The van der Waals surface area contributed by atoms with Gasteiger partial charge in [0.25, 0.3) is 11.8 Å². The summed E-state index contributed by atoms with van der Waals surface area (Å²) in [5.41, 5.74) is 0.879. The number of nitrogens with zero attached hydrogens (tertiary/aromatic N) is 1. The summed E-state index contributed by atoms with van der Waals surface area (Å²) >= 11 is 0.831. The van der Waals surface area contributed by atoms with Crippen LogP contribution in [0.15, 0.2) is 29.3 Å². The Kier molecular flexibility index (Phi) is 4.19. The zero-order chi connectivity index (χ0) is 15.8. The molecule has 1 amide bonds. The molecule has 1 aromatic rings. The minimum Gasteiger partial charge on any atom is -0.271 e. The number of rotatable bonds is 4. The monoisotopic (exact) mass is 315 g/mol. The molecule has 21 heavy (non-hydrogen) atoms. The quantitative estimate of drug-likeness (QED) is 0.824. The van der Waals surface area contributed by atoms with E-state index in [-0.39, 0.29) is 11.7 Å². The van der Waals surface area contributed by atoms with Gasteiger partial charge in [0.15, 0.2) is 4.75 Å². The topological polar surface area (TPSA) is 29.4 Å². The third-order valence-corrected chi connectivity index (χ3v) is 5.15. The van der Waals surface area contributed by atoms with Crippen LogP contribution in [0, 0.1) is 5.82 Å². The van der Waals surface area contributed by atoms with Crippen LogP contribution in [0.25, 0.3) is 0 Å². The van der Waals surface area contributed by atoms with Crippen LogP contribution in [0.4, 0.5) is 13.2 Å². The van der Waals surface area contributed by atoms with E-state index in [2.05, 4.69) is 4.99 Å². The fourth-order valence-electron chi connectivity index (χ4n) is 2.06. The van der Waals surface area contributed by atoms with Crippen molar-refractivity contribution in [2.45, 2.75) is 43.8 Å². The fraction of sp³-hybridized carbons (Fsp3) is 0.467. The van der Waals surface area contributed by atoms with E-state index in [1.165, 1.54) is 19.1 Å². The zero-order valence-corrected chi connectivity index (χ0v) is 12.8. The van der Waals surface area contributed by atoms with Gasteiger partial charge in [-0.25, -0.2) is 18.2 Å². The van der Waals surface area contributed by atoms with Gasteiger partial charge in [0.05, 0.1) is 5.04 Å². The maximum Gasteiger partial charge on any atom is 0.268 e. The van der Waals surface area contributed by atoms with E-state index < -0.39 is 16.6 Å². The Bertz CT molecular complexity index is 580. The zero-order valence-electron chi connectivity index (χ0n) is 12.0. The highest BCUT2D eigenvalue weighted by atomic mass is 32.2. The highest BCUT2D eigenvalue weighted by Crippen LogP contribution is 2.46. The molecule has 0 bridgehead atoms. The molecule has 0 aliphatic carbocycles. The lowest BCUT2D eigenvalue weighted by Crippen LogP contribution is -2.44. The summed E-state index contributed by atoms with van der Waals surface area (Å²) < 4.78 is 38.2. The average molecular weight is 315 g/mol. The molecule has 0 spiro atoms. The van der Waals surface area contributed by atoms with Gasteiger partial charge in [-0.2, -0.15) is 0 Å². The van der Waals surface area contributed by atoms with E-state index in [1.807, 2.05) is 6.92 Å². The second kappa shape index (κ2) is 5.48. The van der Waals surface area contributed by atoms with Crippen LogP contribution >= 0.6 is 11.8 Å². The molecule has 0 radical (unpaired) electrons. The largest absolute Gasteiger partial charge is 0.271 e. The second-order valence-electron chi connectivity index (χ2n) is 5.49. The molecule has 2 atom stereocenters. The Morgan fingerprint density at radius 1 is 1.33 bits per heavy atom. The number of amides is 1. The first-order valence-corrected chi connectivity index (χ1v) is 7.39. The van der Waals surface area contributed by atoms with Gasteiger partial charge in [-0.1, -0.05) is 30.8 Å². The van der Waals surface area contributed by atoms with Gasteiger partial charge >= 0.3 is 0 Å². The maximum atomic E-state index is 13.6. The van der Waals surface area contributed by atoms with E-state index in [0.29, 0.717) is 11.5 Å². The summed E-state index contributed by atoms with van der Waals surface area (Å²) in [5, 5.41) is 0.404. The SMILES string of the molecule is C[C@H](CC1=NC(=O)[C@](C)(C(C)(F)F)S1)c1ccc(F)cc1. The van der Waals surface area contributed by atoms with Crippen molar-refractivity contribution in [1.82, 2.24) is 0 Å². The van der Waals surface area contributed by atoms with Gasteiger partial charge in [-0.15, -0.1) is 0 Å². The molecular weight excluding hydrogens is 299 g/mol. The molecule has 6 heteroatoms. The molecule has 1 aliphatic rings. The van der Waals surface area contributed by atoms with E-state index in [0.717, 1.165) is 24.2 Å². The number of hydrogen-bond donors (Lipinski definition) is 0. The molecule has 0 unspecified atom stereocenters. The minimum absolute atomic E-state index is 0.0301. The molecular formula is C15H16F3NOS. The summed E-state index contributed by atoms with van der Waals surface area (Å²) in [5.74, 6) is -4.29. The van der Waals surface area contributed by atoms with Crippen molar-refractivity contribution in [1.29, 1.82) is 0 Å². The summed E-state index contributed by atoms with van der Waals surface area (Å²) in [7, 11) is 0. The van der Waals surface area contributed by atoms with Crippen molar-refractivity contribution in [3.05, 3.63) is 35.6 Å².